The Morgan fingerprint density at radius 1 is 1.10 bits per heavy atom. The second-order valence-corrected chi connectivity index (χ2v) is 4.51. The smallest absolute Gasteiger partial charge is 0.336 e. The number of carboxylic acid groups (broad SMARTS) is 2. The summed E-state index contributed by atoms with van der Waals surface area (Å²) >= 11 is 0. The minimum absolute atomic E-state index is 0.190. The Bertz CT molecular complexity index is 429. The molecule has 112 valence electrons. The number of aromatic carboxylic acids is 2. The first-order valence-corrected chi connectivity index (χ1v) is 5.68. The van der Waals surface area contributed by atoms with Gasteiger partial charge in [0.1, 0.15) is 6.10 Å². The summed E-state index contributed by atoms with van der Waals surface area (Å²) in [5.74, 6) is -2.46. The number of carboxylic acids is 2. The first-order chi connectivity index (χ1) is 9.11. The predicted octanol–water partition coefficient (Wildman–Crippen LogP) is 0.193. The third kappa shape index (κ3) is 5.79. The molecule has 7 nitrogen and oxygen atoms in total. The van der Waals surface area contributed by atoms with E-state index in [4.69, 9.17) is 25.5 Å². The Balaban J connectivity index is 0.000000396. The second-order valence-electron chi connectivity index (χ2n) is 4.51. The molecular formula is C13H18O7. The second kappa shape index (κ2) is 7.59. The molecule has 1 rings (SSSR count). The Morgan fingerprint density at radius 3 is 1.60 bits per heavy atom. The topological polar surface area (TPSA) is 135 Å². The molecule has 0 radical (unpaired) electrons. The van der Waals surface area contributed by atoms with Gasteiger partial charge in [-0.15, -0.1) is 0 Å². The van der Waals surface area contributed by atoms with Crippen molar-refractivity contribution in [3.8, 4) is 0 Å². The lowest BCUT2D eigenvalue weighted by Crippen LogP contribution is -2.38. The Kier molecular flexibility index (Phi) is 6.84. The van der Waals surface area contributed by atoms with Gasteiger partial charge < -0.3 is 25.5 Å². The van der Waals surface area contributed by atoms with Crippen molar-refractivity contribution in [1.29, 1.82) is 0 Å². The first kappa shape index (κ1) is 18.0. The largest absolute Gasteiger partial charge is 0.478 e. The minimum atomic E-state index is -1.23. The van der Waals surface area contributed by atoms with Gasteiger partial charge in [-0.05, 0) is 26.0 Å². The molecule has 0 fully saturated rings. The fourth-order valence-electron chi connectivity index (χ4n) is 1.08. The highest BCUT2D eigenvalue weighted by atomic mass is 16.4. The molecule has 0 bridgehead atoms. The van der Waals surface area contributed by atoms with Gasteiger partial charge in [0.15, 0.2) is 0 Å². The summed E-state index contributed by atoms with van der Waals surface area (Å²) in [4.78, 5) is 20.9. The van der Waals surface area contributed by atoms with Gasteiger partial charge in [-0.1, -0.05) is 12.1 Å². The van der Waals surface area contributed by atoms with Crippen molar-refractivity contribution in [2.45, 2.75) is 25.6 Å². The van der Waals surface area contributed by atoms with Crippen LogP contribution in [0.15, 0.2) is 24.3 Å². The van der Waals surface area contributed by atoms with Gasteiger partial charge in [-0.3, -0.25) is 0 Å². The van der Waals surface area contributed by atoms with Crippen molar-refractivity contribution in [3.05, 3.63) is 35.4 Å². The molecule has 0 saturated heterocycles. The highest BCUT2D eigenvalue weighted by molar-refractivity contribution is 6.01. The van der Waals surface area contributed by atoms with Crippen LogP contribution in [0.1, 0.15) is 34.6 Å². The average Bonchev–Trinajstić information content (AvgIpc) is 2.37. The number of hydrogen-bond acceptors (Lipinski definition) is 5. The van der Waals surface area contributed by atoms with Crippen LogP contribution in [0, 0.1) is 0 Å². The van der Waals surface area contributed by atoms with Crippen LogP contribution < -0.4 is 0 Å². The molecule has 7 heteroatoms. The molecule has 0 heterocycles. The molecular weight excluding hydrogens is 268 g/mol. The number of aliphatic hydroxyl groups is 3. The van der Waals surface area contributed by atoms with Crippen molar-refractivity contribution in [1.82, 2.24) is 0 Å². The van der Waals surface area contributed by atoms with E-state index in [2.05, 4.69) is 0 Å². The monoisotopic (exact) mass is 286 g/mol. The van der Waals surface area contributed by atoms with Crippen LogP contribution in [0.25, 0.3) is 0 Å². The fraction of sp³-hybridized carbons (Fsp3) is 0.385. The van der Waals surface area contributed by atoms with E-state index in [0.717, 1.165) is 0 Å². The fourth-order valence-corrected chi connectivity index (χ4v) is 1.08. The third-order valence-corrected chi connectivity index (χ3v) is 2.38. The SMILES string of the molecule is CC(C)(O)C(O)CO.O=C(O)c1ccccc1C(=O)O. The van der Waals surface area contributed by atoms with Gasteiger partial charge in [0, 0.05) is 0 Å². The zero-order chi connectivity index (χ0) is 15.9. The van der Waals surface area contributed by atoms with E-state index in [1.165, 1.54) is 38.1 Å². The molecule has 0 amide bonds. The molecule has 20 heavy (non-hydrogen) atoms. The lowest BCUT2D eigenvalue weighted by atomic mass is 10.0. The van der Waals surface area contributed by atoms with Gasteiger partial charge in [0.05, 0.1) is 23.3 Å². The maximum atomic E-state index is 10.5. The summed E-state index contributed by atoms with van der Waals surface area (Å²) < 4.78 is 0. The highest BCUT2D eigenvalue weighted by Gasteiger charge is 2.22. The van der Waals surface area contributed by atoms with Crippen LogP contribution in [-0.2, 0) is 0 Å². The first-order valence-electron chi connectivity index (χ1n) is 5.68. The standard InChI is InChI=1S/C8H6O4.C5H12O3/c9-7(10)5-3-1-2-4-6(5)8(11)12;1-5(2,8)4(7)3-6/h1-4H,(H,9,10)(H,11,12);4,6-8H,3H2,1-2H3. The van der Waals surface area contributed by atoms with E-state index < -0.39 is 30.3 Å². The van der Waals surface area contributed by atoms with Crippen molar-refractivity contribution < 1.29 is 35.1 Å². The van der Waals surface area contributed by atoms with Crippen molar-refractivity contribution in [3.63, 3.8) is 0 Å². The number of rotatable bonds is 4. The minimum Gasteiger partial charge on any atom is -0.478 e. The quantitative estimate of drug-likeness (QED) is 0.533. The molecule has 1 aromatic rings. The number of hydrogen-bond donors (Lipinski definition) is 5. The zero-order valence-electron chi connectivity index (χ0n) is 11.1. The van der Waals surface area contributed by atoms with E-state index in [-0.39, 0.29) is 11.1 Å². The molecule has 0 aliphatic rings. The lowest BCUT2D eigenvalue weighted by molar-refractivity contribution is -0.0707. The van der Waals surface area contributed by atoms with Gasteiger partial charge in [-0.25, -0.2) is 9.59 Å². The molecule has 1 atom stereocenters. The van der Waals surface area contributed by atoms with Crippen LogP contribution in [0.2, 0.25) is 0 Å². The number of carbonyl (C=O) groups is 2. The zero-order valence-corrected chi connectivity index (χ0v) is 11.1. The molecule has 1 unspecified atom stereocenters. The van der Waals surface area contributed by atoms with E-state index in [1.54, 1.807) is 0 Å². The molecule has 0 aliphatic carbocycles. The summed E-state index contributed by atoms with van der Waals surface area (Å²) in [6, 6.07) is 5.48. The van der Waals surface area contributed by atoms with E-state index in [9.17, 15) is 9.59 Å². The van der Waals surface area contributed by atoms with E-state index in [1.807, 2.05) is 0 Å². The summed E-state index contributed by atoms with van der Waals surface area (Å²) in [5, 5.41) is 42.9. The summed E-state index contributed by atoms with van der Waals surface area (Å²) in [5.41, 5.74) is -1.57. The van der Waals surface area contributed by atoms with E-state index >= 15 is 0 Å². The average molecular weight is 286 g/mol. The maximum Gasteiger partial charge on any atom is 0.336 e. The lowest BCUT2D eigenvalue weighted by Gasteiger charge is -2.21. The predicted molar refractivity (Wildman–Crippen MR) is 69.8 cm³/mol. The van der Waals surface area contributed by atoms with Crippen LogP contribution in [-0.4, -0.2) is 55.8 Å². The van der Waals surface area contributed by atoms with Crippen molar-refractivity contribution >= 4 is 11.9 Å². The summed E-state index contributed by atoms with van der Waals surface area (Å²) in [6.07, 6.45) is -1.04. The molecule has 0 aliphatic heterocycles. The van der Waals surface area contributed by atoms with Crippen molar-refractivity contribution in [2.75, 3.05) is 6.61 Å². The molecule has 1 aromatic carbocycles. The van der Waals surface area contributed by atoms with Gasteiger partial charge in [-0.2, -0.15) is 0 Å². The highest BCUT2D eigenvalue weighted by Crippen LogP contribution is 2.08. The Morgan fingerprint density at radius 2 is 1.45 bits per heavy atom. The number of aliphatic hydroxyl groups excluding tert-OH is 2. The molecule has 5 N–H and O–H groups in total. The van der Waals surface area contributed by atoms with Gasteiger partial charge in [0.2, 0.25) is 0 Å². The van der Waals surface area contributed by atoms with Crippen LogP contribution >= 0.6 is 0 Å². The van der Waals surface area contributed by atoms with Gasteiger partial charge in [0.25, 0.3) is 0 Å². The van der Waals surface area contributed by atoms with Crippen molar-refractivity contribution in [2.24, 2.45) is 0 Å². The van der Waals surface area contributed by atoms with Crippen LogP contribution in [0.3, 0.4) is 0 Å². The van der Waals surface area contributed by atoms with Crippen LogP contribution in [0.4, 0.5) is 0 Å². The summed E-state index contributed by atoms with van der Waals surface area (Å²) in [7, 11) is 0. The van der Waals surface area contributed by atoms with Gasteiger partial charge >= 0.3 is 11.9 Å². The maximum absolute atomic E-state index is 10.5. The normalized spacial score (nSPS) is 12.1. The third-order valence-electron chi connectivity index (χ3n) is 2.38. The summed E-state index contributed by atoms with van der Waals surface area (Å²) in [6.45, 7) is 2.48. The molecule has 0 saturated carbocycles. The van der Waals surface area contributed by atoms with Crippen LogP contribution in [0.5, 0.6) is 0 Å². The molecule has 0 spiro atoms. The Hall–Kier alpha value is -1.96. The Labute approximate surface area is 115 Å². The number of benzene rings is 1. The molecule has 0 aromatic heterocycles. The van der Waals surface area contributed by atoms with E-state index in [0.29, 0.717) is 0 Å².